The zero-order valence-corrected chi connectivity index (χ0v) is 14.4. The van der Waals surface area contributed by atoms with Crippen LogP contribution in [0, 0.1) is 5.82 Å². The third-order valence-corrected chi connectivity index (χ3v) is 4.33. The number of anilines is 1. The van der Waals surface area contributed by atoms with Gasteiger partial charge in [-0.05, 0) is 36.8 Å². The number of carbonyl (C=O) groups excluding carboxylic acids is 3. The molecule has 6 heteroatoms. The molecule has 2 aromatic carbocycles. The summed E-state index contributed by atoms with van der Waals surface area (Å²) in [5, 5.41) is 0. The van der Waals surface area contributed by atoms with Gasteiger partial charge in [0.1, 0.15) is 12.5 Å². The fourth-order valence-electron chi connectivity index (χ4n) is 2.92. The van der Waals surface area contributed by atoms with Gasteiger partial charge in [0.15, 0.2) is 0 Å². The molecule has 0 N–H and O–H groups in total. The molecule has 0 saturated carbocycles. The molecule has 3 rings (SSSR count). The van der Waals surface area contributed by atoms with E-state index < -0.39 is 17.6 Å². The number of unbranched alkanes of at least 4 members (excludes halogenated alkanes) is 1. The average Bonchev–Trinajstić information content (AvgIpc) is 2.89. The minimum atomic E-state index is -0.488. The first-order valence-corrected chi connectivity index (χ1v) is 8.54. The Balaban J connectivity index is 1.90. The molecule has 0 unspecified atom stereocenters. The third-order valence-electron chi connectivity index (χ3n) is 4.33. The van der Waals surface area contributed by atoms with Crippen LogP contribution < -0.4 is 4.90 Å². The van der Waals surface area contributed by atoms with Gasteiger partial charge in [-0.15, -0.1) is 0 Å². The van der Waals surface area contributed by atoms with Crippen molar-refractivity contribution < 1.29 is 18.8 Å². The summed E-state index contributed by atoms with van der Waals surface area (Å²) in [7, 11) is 0. The van der Waals surface area contributed by atoms with Crippen molar-refractivity contribution in [3.8, 4) is 0 Å². The molecule has 3 amide bonds. The highest BCUT2D eigenvalue weighted by Crippen LogP contribution is 2.25. The molecular weight excluding hydrogens is 335 g/mol. The normalized spacial score (nSPS) is 13.1. The molecular formula is C20H19FN2O3. The van der Waals surface area contributed by atoms with Crippen LogP contribution >= 0.6 is 0 Å². The van der Waals surface area contributed by atoms with Crippen molar-refractivity contribution >= 4 is 23.4 Å². The van der Waals surface area contributed by atoms with Crippen LogP contribution in [0.25, 0.3) is 0 Å². The number of imide groups is 1. The lowest BCUT2D eigenvalue weighted by Crippen LogP contribution is -2.44. The van der Waals surface area contributed by atoms with Crippen molar-refractivity contribution in [2.45, 2.75) is 26.2 Å². The van der Waals surface area contributed by atoms with E-state index in [-0.39, 0.29) is 19.0 Å². The molecule has 2 aromatic rings. The SMILES string of the molecule is CCCCC(=O)N(CN1C(=O)c2ccccc2C1=O)c1cccc(F)c1. The molecule has 1 aliphatic rings. The summed E-state index contributed by atoms with van der Waals surface area (Å²) in [5.74, 6) is -1.64. The maximum atomic E-state index is 13.6. The molecule has 26 heavy (non-hydrogen) atoms. The van der Waals surface area contributed by atoms with Crippen molar-refractivity contribution in [1.82, 2.24) is 4.90 Å². The van der Waals surface area contributed by atoms with Crippen LogP contribution in [0.1, 0.15) is 46.9 Å². The molecule has 0 atom stereocenters. The van der Waals surface area contributed by atoms with Crippen molar-refractivity contribution in [2.24, 2.45) is 0 Å². The fraction of sp³-hybridized carbons (Fsp3) is 0.250. The van der Waals surface area contributed by atoms with E-state index in [9.17, 15) is 18.8 Å². The first-order chi connectivity index (χ1) is 12.5. The van der Waals surface area contributed by atoms with E-state index in [4.69, 9.17) is 0 Å². The lowest BCUT2D eigenvalue weighted by molar-refractivity contribution is -0.119. The molecule has 0 fully saturated rings. The Morgan fingerprint density at radius 1 is 1.04 bits per heavy atom. The number of hydrogen-bond acceptors (Lipinski definition) is 3. The first kappa shape index (κ1) is 17.8. The fourth-order valence-corrected chi connectivity index (χ4v) is 2.92. The van der Waals surface area contributed by atoms with E-state index in [2.05, 4.69) is 0 Å². The van der Waals surface area contributed by atoms with E-state index >= 15 is 0 Å². The van der Waals surface area contributed by atoms with Gasteiger partial charge >= 0.3 is 0 Å². The number of fused-ring (bicyclic) bond motifs is 1. The van der Waals surface area contributed by atoms with Gasteiger partial charge in [0, 0.05) is 12.1 Å². The molecule has 0 aliphatic carbocycles. The van der Waals surface area contributed by atoms with Crippen molar-refractivity contribution in [3.05, 3.63) is 65.5 Å². The Kier molecular flexibility index (Phi) is 5.11. The van der Waals surface area contributed by atoms with Gasteiger partial charge in [-0.1, -0.05) is 31.5 Å². The zero-order chi connectivity index (χ0) is 18.7. The number of halogens is 1. The van der Waals surface area contributed by atoms with Gasteiger partial charge in [-0.2, -0.15) is 0 Å². The molecule has 1 aliphatic heterocycles. The van der Waals surface area contributed by atoms with Crippen LogP contribution in [-0.4, -0.2) is 29.3 Å². The van der Waals surface area contributed by atoms with Crippen molar-refractivity contribution in [1.29, 1.82) is 0 Å². The van der Waals surface area contributed by atoms with Crippen molar-refractivity contribution in [3.63, 3.8) is 0 Å². The quantitative estimate of drug-likeness (QED) is 0.745. The first-order valence-electron chi connectivity index (χ1n) is 8.54. The van der Waals surface area contributed by atoms with Gasteiger partial charge < -0.3 is 0 Å². The summed E-state index contributed by atoms with van der Waals surface area (Å²) in [6.07, 6.45) is 1.76. The minimum absolute atomic E-state index is 0.238. The topological polar surface area (TPSA) is 57.7 Å². The smallest absolute Gasteiger partial charge is 0.263 e. The van der Waals surface area contributed by atoms with Crippen molar-refractivity contribution in [2.75, 3.05) is 11.6 Å². The lowest BCUT2D eigenvalue weighted by Gasteiger charge is -2.27. The van der Waals surface area contributed by atoms with Crippen LogP contribution in [0.2, 0.25) is 0 Å². The Labute approximate surface area is 151 Å². The maximum absolute atomic E-state index is 13.6. The molecule has 1 heterocycles. The number of carbonyl (C=O) groups is 3. The van der Waals surface area contributed by atoms with E-state index in [0.717, 1.165) is 11.3 Å². The highest BCUT2D eigenvalue weighted by Gasteiger charge is 2.37. The summed E-state index contributed by atoms with van der Waals surface area (Å²) in [5.41, 5.74) is 0.957. The molecule has 0 aromatic heterocycles. The molecule has 0 spiro atoms. The van der Waals surface area contributed by atoms with Gasteiger partial charge in [-0.25, -0.2) is 4.39 Å². The van der Waals surface area contributed by atoms with Gasteiger partial charge in [0.05, 0.1) is 11.1 Å². The maximum Gasteiger partial charge on any atom is 0.263 e. The number of amides is 3. The molecule has 0 saturated heterocycles. The Hall–Kier alpha value is -3.02. The number of rotatable bonds is 6. The van der Waals surface area contributed by atoms with Gasteiger partial charge in [-0.3, -0.25) is 24.2 Å². The lowest BCUT2D eigenvalue weighted by atomic mass is 10.1. The second kappa shape index (κ2) is 7.47. The highest BCUT2D eigenvalue weighted by atomic mass is 19.1. The summed E-state index contributed by atoms with van der Waals surface area (Å²) in [6, 6.07) is 12.1. The van der Waals surface area contributed by atoms with E-state index in [0.29, 0.717) is 23.2 Å². The van der Waals surface area contributed by atoms with Crippen LogP contribution in [0.3, 0.4) is 0 Å². The molecule has 5 nitrogen and oxygen atoms in total. The Morgan fingerprint density at radius 2 is 1.69 bits per heavy atom. The highest BCUT2D eigenvalue weighted by molar-refractivity contribution is 6.21. The Morgan fingerprint density at radius 3 is 2.27 bits per heavy atom. The number of nitrogens with zero attached hydrogens (tertiary/aromatic N) is 2. The number of hydrogen-bond donors (Lipinski definition) is 0. The second-order valence-corrected chi connectivity index (χ2v) is 6.13. The van der Waals surface area contributed by atoms with Gasteiger partial charge in [0.2, 0.25) is 5.91 Å². The minimum Gasteiger partial charge on any atom is -0.293 e. The largest absolute Gasteiger partial charge is 0.293 e. The van der Waals surface area contributed by atoms with Crippen LogP contribution in [0.15, 0.2) is 48.5 Å². The second-order valence-electron chi connectivity index (χ2n) is 6.13. The summed E-state index contributed by atoms with van der Waals surface area (Å²) < 4.78 is 13.6. The van der Waals surface area contributed by atoms with Crippen LogP contribution in [-0.2, 0) is 4.79 Å². The monoisotopic (exact) mass is 354 g/mol. The van der Waals surface area contributed by atoms with E-state index in [1.165, 1.54) is 23.1 Å². The molecule has 0 radical (unpaired) electrons. The molecule has 0 bridgehead atoms. The van der Waals surface area contributed by atoms with Crippen LogP contribution in [0.4, 0.5) is 10.1 Å². The van der Waals surface area contributed by atoms with Crippen LogP contribution in [0.5, 0.6) is 0 Å². The summed E-state index contributed by atoms with van der Waals surface area (Å²) >= 11 is 0. The molecule has 134 valence electrons. The standard InChI is InChI=1S/C20H19FN2O3/c1-2-3-11-18(24)22(15-8-6-7-14(21)12-15)13-23-19(25)16-9-4-5-10-17(16)20(23)26/h4-10,12H,2-3,11,13H2,1H3. The number of benzene rings is 2. The third kappa shape index (κ3) is 3.35. The predicted molar refractivity (Wildman–Crippen MR) is 95.2 cm³/mol. The van der Waals surface area contributed by atoms with E-state index in [1.807, 2.05) is 6.92 Å². The van der Waals surface area contributed by atoms with E-state index in [1.54, 1.807) is 30.3 Å². The van der Waals surface area contributed by atoms with Gasteiger partial charge in [0.25, 0.3) is 11.8 Å². The average molecular weight is 354 g/mol. The summed E-state index contributed by atoms with van der Waals surface area (Å²) in [6.45, 7) is 1.72. The zero-order valence-electron chi connectivity index (χ0n) is 14.4. The Bertz CT molecular complexity index is 831. The predicted octanol–water partition coefficient (Wildman–Crippen LogP) is 3.60. The summed E-state index contributed by atoms with van der Waals surface area (Å²) in [4.78, 5) is 40.1.